The number of rotatable bonds is 15. The molecule has 1 fully saturated rings. The monoisotopic (exact) mass is 733 g/mol. The number of fused-ring (bicyclic) bond motifs is 1. The van der Waals surface area contributed by atoms with Crippen molar-refractivity contribution in [3.63, 3.8) is 0 Å². The average molecular weight is 734 g/mol. The maximum absolute atomic E-state index is 13.7. The SMILES string of the molecule is CCCCN(C(=O)C(F)(F)F)[C@H]1C[C@@H](n2cnc3c(NCC(c4ccccc4)c4ccccc4)nc(NCCc4cn(C(C)C)cn4)nc32)[C@H](O)[C@@H]1O. The first-order valence-electron chi connectivity index (χ1n) is 18.0. The van der Waals surface area contributed by atoms with Crippen LogP contribution in [0.5, 0.6) is 0 Å². The minimum Gasteiger partial charge on any atom is -0.388 e. The van der Waals surface area contributed by atoms with E-state index in [-0.39, 0.29) is 30.9 Å². The van der Waals surface area contributed by atoms with Gasteiger partial charge < -0.3 is 34.9 Å². The molecular weight excluding hydrogens is 687 g/mol. The van der Waals surface area contributed by atoms with Gasteiger partial charge in [0.25, 0.3) is 0 Å². The predicted molar refractivity (Wildman–Crippen MR) is 195 cm³/mol. The Morgan fingerprint density at radius 3 is 2.25 bits per heavy atom. The van der Waals surface area contributed by atoms with Gasteiger partial charge in [-0.2, -0.15) is 23.1 Å². The van der Waals surface area contributed by atoms with Gasteiger partial charge in [-0.15, -0.1) is 0 Å². The lowest BCUT2D eigenvalue weighted by molar-refractivity contribution is -0.190. The van der Waals surface area contributed by atoms with Gasteiger partial charge in [-0.1, -0.05) is 74.0 Å². The Balaban J connectivity index is 1.33. The van der Waals surface area contributed by atoms with Gasteiger partial charge in [0.1, 0.15) is 12.2 Å². The van der Waals surface area contributed by atoms with E-state index >= 15 is 0 Å². The highest BCUT2D eigenvalue weighted by Crippen LogP contribution is 2.38. The maximum Gasteiger partial charge on any atom is 0.471 e. The number of aliphatic hydroxyl groups is 2. The Hall–Kier alpha value is -5.02. The van der Waals surface area contributed by atoms with E-state index in [1.54, 1.807) is 17.8 Å². The standard InChI is InChI=1S/C38H46F3N9O3/c1-4-5-18-49(36(53)38(39,40)41)29-19-30(33(52)32(29)51)50-23-45-31-34(43-20-28(25-12-8-6-9-13-25)26-14-10-7-11-15-26)46-37(47-35(31)50)42-17-16-27-21-48(22-44-27)24(2)3/h6-15,21-24,28-30,32-33,51-52H,4-5,16-20H2,1-3H3,(H2,42,43,46,47)/t29-,30+,32+,33-/m0/s1. The Morgan fingerprint density at radius 2 is 1.64 bits per heavy atom. The van der Waals surface area contributed by atoms with Crippen molar-refractivity contribution in [3.8, 4) is 0 Å². The zero-order chi connectivity index (χ0) is 37.7. The van der Waals surface area contributed by atoms with Crippen LogP contribution in [0.4, 0.5) is 24.9 Å². The molecular formula is C38H46F3N9O3. The highest BCUT2D eigenvalue weighted by atomic mass is 19.4. The van der Waals surface area contributed by atoms with Crippen molar-refractivity contribution in [1.29, 1.82) is 0 Å². The fourth-order valence-corrected chi connectivity index (χ4v) is 6.93. The van der Waals surface area contributed by atoms with Crippen LogP contribution >= 0.6 is 0 Å². The molecule has 12 nitrogen and oxygen atoms in total. The van der Waals surface area contributed by atoms with Crippen molar-refractivity contribution >= 4 is 28.8 Å². The number of nitrogens with zero attached hydrogens (tertiary/aromatic N) is 7. The summed E-state index contributed by atoms with van der Waals surface area (Å²) in [5.41, 5.74) is 3.77. The first-order chi connectivity index (χ1) is 25.5. The molecule has 5 aromatic rings. The Kier molecular flexibility index (Phi) is 11.6. The smallest absolute Gasteiger partial charge is 0.388 e. The Morgan fingerprint density at radius 1 is 0.962 bits per heavy atom. The van der Waals surface area contributed by atoms with Gasteiger partial charge in [0.15, 0.2) is 17.0 Å². The summed E-state index contributed by atoms with van der Waals surface area (Å²) in [5, 5.41) is 29.2. The molecule has 0 bridgehead atoms. The lowest BCUT2D eigenvalue weighted by Crippen LogP contribution is -2.51. The number of benzene rings is 2. The van der Waals surface area contributed by atoms with Crippen molar-refractivity contribution in [2.45, 2.75) is 88.9 Å². The molecule has 0 unspecified atom stereocenters. The minimum atomic E-state index is -5.13. The Bertz CT molecular complexity index is 1910. The number of anilines is 2. The molecule has 1 amide bonds. The number of alkyl halides is 3. The summed E-state index contributed by atoms with van der Waals surface area (Å²) in [5.74, 6) is -1.41. The van der Waals surface area contributed by atoms with Gasteiger partial charge in [0.2, 0.25) is 5.95 Å². The van der Waals surface area contributed by atoms with Crippen molar-refractivity contribution < 1.29 is 28.2 Å². The summed E-state index contributed by atoms with van der Waals surface area (Å²) in [6.45, 7) is 6.63. The van der Waals surface area contributed by atoms with Crippen LogP contribution in [0.2, 0.25) is 0 Å². The van der Waals surface area contributed by atoms with Crippen LogP contribution in [0, 0.1) is 0 Å². The van der Waals surface area contributed by atoms with E-state index < -0.39 is 36.4 Å². The molecule has 0 aliphatic heterocycles. The first-order valence-corrected chi connectivity index (χ1v) is 18.0. The Labute approximate surface area is 306 Å². The number of carbonyl (C=O) groups excluding carboxylic acids is 1. The minimum absolute atomic E-state index is 0.0511. The van der Waals surface area contributed by atoms with E-state index in [0.717, 1.165) is 16.8 Å². The number of hydrogen-bond acceptors (Lipinski definition) is 9. The van der Waals surface area contributed by atoms with E-state index in [1.165, 1.54) is 6.33 Å². The molecule has 4 atom stereocenters. The molecule has 6 rings (SSSR count). The van der Waals surface area contributed by atoms with Crippen molar-refractivity contribution in [2.75, 3.05) is 30.3 Å². The fourth-order valence-electron chi connectivity index (χ4n) is 6.93. The lowest BCUT2D eigenvalue weighted by Gasteiger charge is -2.31. The molecule has 1 saturated carbocycles. The summed E-state index contributed by atoms with van der Waals surface area (Å²) >= 11 is 0. The summed E-state index contributed by atoms with van der Waals surface area (Å²) in [7, 11) is 0. The molecule has 282 valence electrons. The molecule has 0 radical (unpaired) electrons. The molecule has 3 aromatic heterocycles. The molecule has 0 spiro atoms. The van der Waals surface area contributed by atoms with Crippen LogP contribution in [0.1, 0.15) is 74.9 Å². The quantitative estimate of drug-likeness (QED) is 0.106. The van der Waals surface area contributed by atoms with Crippen LogP contribution in [0.25, 0.3) is 11.2 Å². The van der Waals surface area contributed by atoms with Crippen LogP contribution in [-0.4, -0.2) is 94.2 Å². The van der Waals surface area contributed by atoms with E-state index in [2.05, 4.69) is 58.7 Å². The van der Waals surface area contributed by atoms with E-state index in [1.807, 2.05) is 47.2 Å². The topological polar surface area (TPSA) is 146 Å². The molecule has 15 heteroatoms. The lowest BCUT2D eigenvalue weighted by atomic mass is 9.91. The normalized spacial score (nSPS) is 19.0. The number of imidazole rings is 2. The number of halogens is 3. The van der Waals surface area contributed by atoms with Crippen molar-refractivity contribution in [2.24, 2.45) is 0 Å². The second kappa shape index (κ2) is 16.3. The summed E-state index contributed by atoms with van der Waals surface area (Å²) in [6.07, 6.45) is -1.73. The van der Waals surface area contributed by atoms with Gasteiger partial charge in [0.05, 0.1) is 30.4 Å². The van der Waals surface area contributed by atoms with Gasteiger partial charge in [-0.05, 0) is 37.8 Å². The third kappa shape index (κ3) is 8.46. The molecule has 1 aliphatic carbocycles. The third-order valence-corrected chi connectivity index (χ3v) is 9.85. The van der Waals surface area contributed by atoms with E-state index in [9.17, 15) is 28.2 Å². The molecule has 3 heterocycles. The summed E-state index contributed by atoms with van der Waals surface area (Å²) in [6, 6.07) is 18.2. The van der Waals surface area contributed by atoms with Crippen molar-refractivity contribution in [3.05, 3.63) is 96.3 Å². The largest absolute Gasteiger partial charge is 0.471 e. The van der Waals surface area contributed by atoms with Crippen molar-refractivity contribution in [1.82, 2.24) is 34.0 Å². The zero-order valence-corrected chi connectivity index (χ0v) is 30.0. The van der Waals surface area contributed by atoms with Gasteiger partial charge in [-0.25, -0.2) is 9.97 Å². The van der Waals surface area contributed by atoms with Crippen LogP contribution in [0.3, 0.4) is 0 Å². The van der Waals surface area contributed by atoms with Crippen LogP contribution in [-0.2, 0) is 11.2 Å². The van der Waals surface area contributed by atoms with Crippen LogP contribution in [0.15, 0.2) is 79.5 Å². The number of hydrogen-bond donors (Lipinski definition) is 4. The van der Waals surface area contributed by atoms with E-state index in [4.69, 9.17) is 9.97 Å². The number of aromatic nitrogens is 6. The molecule has 0 saturated heterocycles. The summed E-state index contributed by atoms with van der Waals surface area (Å²) in [4.78, 5) is 31.8. The number of unbranched alkanes of at least 4 members (excludes halogenated alkanes) is 1. The van der Waals surface area contributed by atoms with Gasteiger partial charge in [0, 0.05) is 44.2 Å². The number of amides is 1. The molecule has 53 heavy (non-hydrogen) atoms. The summed E-state index contributed by atoms with van der Waals surface area (Å²) < 4.78 is 44.6. The highest BCUT2D eigenvalue weighted by molar-refractivity contribution is 5.85. The molecule has 4 N–H and O–H groups in total. The molecule has 1 aliphatic rings. The number of carbonyl (C=O) groups is 1. The number of aliphatic hydroxyl groups excluding tert-OH is 2. The van der Waals surface area contributed by atoms with Gasteiger partial charge in [-0.3, -0.25) is 4.79 Å². The third-order valence-electron chi connectivity index (χ3n) is 9.85. The van der Waals surface area contributed by atoms with E-state index in [0.29, 0.717) is 54.2 Å². The molecule has 2 aromatic carbocycles. The second-order valence-electron chi connectivity index (χ2n) is 13.8. The van der Waals surface area contributed by atoms with Gasteiger partial charge >= 0.3 is 12.1 Å². The van der Waals surface area contributed by atoms with Crippen LogP contribution < -0.4 is 10.6 Å². The predicted octanol–water partition coefficient (Wildman–Crippen LogP) is 5.73. The fraction of sp³-hybridized carbons (Fsp3) is 0.447. The average Bonchev–Trinajstić information content (AvgIpc) is 3.87. The number of nitrogens with one attached hydrogen (secondary N) is 2. The maximum atomic E-state index is 13.7. The highest BCUT2D eigenvalue weighted by Gasteiger charge is 2.51. The zero-order valence-electron chi connectivity index (χ0n) is 30.0. The second-order valence-corrected chi connectivity index (χ2v) is 13.8. The first kappa shape index (κ1) is 37.7.